The van der Waals surface area contributed by atoms with E-state index in [-0.39, 0.29) is 29.2 Å². The molecule has 0 radical (unpaired) electrons. The van der Waals surface area contributed by atoms with Crippen LogP contribution in [0.2, 0.25) is 0 Å². The predicted molar refractivity (Wildman–Crippen MR) is 68.6 cm³/mol. The Bertz CT molecular complexity index is 408. The van der Waals surface area contributed by atoms with Crippen LogP contribution >= 0.6 is 0 Å². The highest BCUT2D eigenvalue weighted by Crippen LogP contribution is 2.53. The fourth-order valence-corrected chi connectivity index (χ4v) is 4.22. The van der Waals surface area contributed by atoms with Gasteiger partial charge >= 0.3 is 0 Å². The molecule has 0 N–H and O–H groups in total. The molecule has 1 saturated heterocycles. The van der Waals surface area contributed by atoms with E-state index in [2.05, 4.69) is 19.1 Å². The molecule has 4 unspecified atom stereocenters. The molecule has 2 amide bonds. The maximum Gasteiger partial charge on any atom is 0.234 e. The lowest BCUT2D eigenvalue weighted by Crippen LogP contribution is -2.48. The summed E-state index contributed by atoms with van der Waals surface area (Å²) in [5.74, 6) is 0.700. The zero-order valence-electron chi connectivity index (χ0n) is 11.3. The number of carbonyl (C=O) groups is 2. The number of nitrogens with zero attached hydrogens (tertiary/aromatic N) is 1. The Hall–Kier alpha value is -1.12. The lowest BCUT2D eigenvalue weighted by atomic mass is 9.85. The van der Waals surface area contributed by atoms with E-state index in [0.717, 1.165) is 19.3 Å². The zero-order chi connectivity index (χ0) is 13.1. The van der Waals surface area contributed by atoms with Gasteiger partial charge in [0, 0.05) is 5.54 Å². The van der Waals surface area contributed by atoms with Crippen molar-refractivity contribution in [2.24, 2.45) is 23.7 Å². The first kappa shape index (κ1) is 11.9. The summed E-state index contributed by atoms with van der Waals surface area (Å²) < 4.78 is 0. The van der Waals surface area contributed by atoms with E-state index in [0.29, 0.717) is 11.8 Å². The van der Waals surface area contributed by atoms with Crippen LogP contribution in [0.5, 0.6) is 0 Å². The molecule has 98 valence electrons. The second-order valence-electron chi connectivity index (χ2n) is 6.57. The van der Waals surface area contributed by atoms with E-state index < -0.39 is 0 Å². The molecule has 3 heteroatoms. The van der Waals surface area contributed by atoms with Gasteiger partial charge in [-0.05, 0) is 38.5 Å². The molecular weight excluding hydrogens is 226 g/mol. The lowest BCUT2D eigenvalue weighted by molar-refractivity contribution is -0.147. The van der Waals surface area contributed by atoms with Gasteiger partial charge in [0.05, 0.1) is 11.8 Å². The van der Waals surface area contributed by atoms with Crippen molar-refractivity contribution in [3.63, 3.8) is 0 Å². The standard InChI is InChI=1S/C15H21NO2/c1-4-7-15(2,3)16-13(17)11-9-5-6-10(8-9)12(11)14(16)18/h5-6,9-12H,4,7-8H2,1-3H3. The van der Waals surface area contributed by atoms with Crippen LogP contribution in [-0.4, -0.2) is 22.3 Å². The molecule has 0 aromatic heterocycles. The highest BCUT2D eigenvalue weighted by atomic mass is 16.2. The van der Waals surface area contributed by atoms with Crippen molar-refractivity contribution in [1.29, 1.82) is 0 Å². The minimum Gasteiger partial charge on any atom is -0.276 e. The fraction of sp³-hybridized carbons (Fsp3) is 0.733. The van der Waals surface area contributed by atoms with Crippen LogP contribution in [0.15, 0.2) is 12.2 Å². The largest absolute Gasteiger partial charge is 0.276 e. The first-order valence-corrected chi connectivity index (χ1v) is 7.03. The van der Waals surface area contributed by atoms with Gasteiger partial charge in [-0.3, -0.25) is 14.5 Å². The second kappa shape index (κ2) is 3.69. The Labute approximate surface area is 108 Å². The van der Waals surface area contributed by atoms with E-state index in [1.807, 2.05) is 13.8 Å². The Morgan fingerprint density at radius 2 is 1.67 bits per heavy atom. The summed E-state index contributed by atoms with van der Waals surface area (Å²) in [7, 11) is 0. The van der Waals surface area contributed by atoms with Crippen LogP contribution in [0, 0.1) is 23.7 Å². The quantitative estimate of drug-likeness (QED) is 0.567. The number of allylic oxidation sites excluding steroid dienone is 2. The van der Waals surface area contributed by atoms with E-state index >= 15 is 0 Å². The molecule has 18 heavy (non-hydrogen) atoms. The third kappa shape index (κ3) is 1.36. The van der Waals surface area contributed by atoms with E-state index in [9.17, 15) is 9.59 Å². The summed E-state index contributed by atoms with van der Waals surface area (Å²) >= 11 is 0. The van der Waals surface area contributed by atoms with Crippen molar-refractivity contribution in [3.8, 4) is 0 Å². The average Bonchev–Trinajstić information content (AvgIpc) is 2.92. The molecule has 3 rings (SSSR count). The first-order valence-electron chi connectivity index (χ1n) is 7.03. The van der Waals surface area contributed by atoms with Gasteiger partial charge in [0.15, 0.2) is 0 Å². The molecule has 1 saturated carbocycles. The second-order valence-corrected chi connectivity index (χ2v) is 6.57. The summed E-state index contributed by atoms with van der Waals surface area (Å²) in [4.78, 5) is 26.7. The van der Waals surface area contributed by atoms with Gasteiger partial charge in [0.2, 0.25) is 11.8 Å². The van der Waals surface area contributed by atoms with Crippen molar-refractivity contribution in [2.45, 2.75) is 45.6 Å². The van der Waals surface area contributed by atoms with Crippen molar-refractivity contribution < 1.29 is 9.59 Å². The Kier molecular flexibility index (Phi) is 2.45. The summed E-state index contributed by atoms with van der Waals surface area (Å²) in [5.41, 5.74) is -0.327. The van der Waals surface area contributed by atoms with Gasteiger partial charge in [-0.15, -0.1) is 0 Å². The van der Waals surface area contributed by atoms with E-state index in [1.165, 1.54) is 0 Å². The third-order valence-corrected chi connectivity index (χ3v) is 4.94. The predicted octanol–water partition coefficient (Wildman–Crippen LogP) is 2.37. The number of fused-ring (bicyclic) bond motifs is 5. The van der Waals surface area contributed by atoms with Crippen LogP contribution in [0.25, 0.3) is 0 Å². The molecule has 0 spiro atoms. The number of amides is 2. The number of carbonyl (C=O) groups excluding carboxylic acids is 2. The summed E-state index contributed by atoms with van der Waals surface area (Å²) in [5, 5.41) is 0. The Morgan fingerprint density at radius 1 is 1.17 bits per heavy atom. The zero-order valence-corrected chi connectivity index (χ0v) is 11.3. The van der Waals surface area contributed by atoms with E-state index in [1.54, 1.807) is 4.90 Å². The number of hydrogen-bond donors (Lipinski definition) is 0. The number of rotatable bonds is 3. The van der Waals surface area contributed by atoms with Gasteiger partial charge < -0.3 is 0 Å². The summed E-state index contributed by atoms with van der Waals surface area (Å²) in [6.45, 7) is 6.13. The van der Waals surface area contributed by atoms with Crippen LogP contribution in [0.3, 0.4) is 0 Å². The highest BCUT2D eigenvalue weighted by molar-refractivity contribution is 6.07. The van der Waals surface area contributed by atoms with Crippen LogP contribution in [0.1, 0.15) is 40.0 Å². The molecule has 1 aliphatic heterocycles. The maximum absolute atomic E-state index is 12.6. The molecule has 0 aromatic rings. The number of likely N-dealkylation sites (tertiary alicyclic amines) is 1. The highest BCUT2D eigenvalue weighted by Gasteiger charge is 2.61. The van der Waals surface area contributed by atoms with Gasteiger partial charge in [-0.25, -0.2) is 0 Å². The topological polar surface area (TPSA) is 37.4 Å². The van der Waals surface area contributed by atoms with Crippen molar-refractivity contribution in [1.82, 2.24) is 4.90 Å². The Balaban J connectivity index is 1.93. The summed E-state index contributed by atoms with van der Waals surface area (Å²) in [6.07, 6.45) is 7.17. The molecule has 1 heterocycles. The monoisotopic (exact) mass is 247 g/mol. The van der Waals surface area contributed by atoms with Crippen LogP contribution < -0.4 is 0 Å². The van der Waals surface area contributed by atoms with Crippen LogP contribution in [0.4, 0.5) is 0 Å². The van der Waals surface area contributed by atoms with Gasteiger partial charge in [-0.2, -0.15) is 0 Å². The van der Waals surface area contributed by atoms with Gasteiger partial charge in [0.1, 0.15) is 0 Å². The smallest absolute Gasteiger partial charge is 0.234 e. The minimum absolute atomic E-state index is 0.0522. The number of imide groups is 1. The normalized spacial score (nSPS) is 37.8. The molecule has 2 bridgehead atoms. The van der Waals surface area contributed by atoms with E-state index in [4.69, 9.17) is 0 Å². The van der Waals surface area contributed by atoms with Crippen molar-refractivity contribution in [3.05, 3.63) is 12.2 Å². The molecule has 2 fully saturated rings. The maximum atomic E-state index is 12.6. The van der Waals surface area contributed by atoms with Crippen molar-refractivity contribution >= 4 is 11.8 Å². The average molecular weight is 247 g/mol. The first-order chi connectivity index (χ1) is 8.47. The molecule has 0 aromatic carbocycles. The fourth-order valence-electron chi connectivity index (χ4n) is 4.22. The molecule has 4 atom stereocenters. The molecule has 3 aliphatic rings. The molecule has 2 aliphatic carbocycles. The van der Waals surface area contributed by atoms with Crippen molar-refractivity contribution in [2.75, 3.05) is 0 Å². The third-order valence-electron chi connectivity index (χ3n) is 4.94. The molecular formula is C15H21NO2. The van der Waals surface area contributed by atoms with Gasteiger partial charge in [-0.1, -0.05) is 25.5 Å². The molecule has 3 nitrogen and oxygen atoms in total. The van der Waals surface area contributed by atoms with Gasteiger partial charge in [0.25, 0.3) is 0 Å². The summed E-state index contributed by atoms with van der Waals surface area (Å²) in [6, 6.07) is 0. The minimum atomic E-state index is -0.327. The SMILES string of the molecule is CCCC(C)(C)N1C(=O)C2C3C=CC(C3)C2C1=O. The van der Waals surface area contributed by atoms with Crippen LogP contribution in [-0.2, 0) is 9.59 Å². The number of hydrogen-bond acceptors (Lipinski definition) is 2. The Morgan fingerprint density at radius 3 is 2.11 bits per heavy atom. The lowest BCUT2D eigenvalue weighted by Gasteiger charge is -2.34.